The van der Waals surface area contributed by atoms with Gasteiger partial charge in [0.15, 0.2) is 0 Å². The summed E-state index contributed by atoms with van der Waals surface area (Å²) in [7, 11) is 0. The molecular weight excluding hydrogens is 348 g/mol. The smallest absolute Gasteiger partial charge is 0.310 e. The fourth-order valence-electron chi connectivity index (χ4n) is 3.65. The number of aromatic nitrogens is 1. The van der Waals surface area contributed by atoms with Gasteiger partial charge in [-0.3, -0.25) is 9.78 Å². The number of carbonyl (C=O) groups is 1. The average molecular weight is 372 g/mol. The van der Waals surface area contributed by atoms with E-state index in [9.17, 15) is 4.79 Å². The Bertz CT molecular complexity index is 966. The van der Waals surface area contributed by atoms with Crippen molar-refractivity contribution in [2.24, 2.45) is 0 Å². The van der Waals surface area contributed by atoms with E-state index in [1.807, 2.05) is 49.4 Å². The number of pyridine rings is 1. The Morgan fingerprint density at radius 1 is 1.07 bits per heavy atom. The number of ether oxygens (including phenoxy) is 1. The van der Waals surface area contributed by atoms with Crippen molar-refractivity contribution in [3.63, 3.8) is 0 Å². The van der Waals surface area contributed by atoms with Crippen LogP contribution in [-0.4, -0.2) is 17.6 Å². The maximum atomic E-state index is 11.6. The highest BCUT2D eigenvalue weighted by molar-refractivity contribution is 5.74. The molecule has 0 spiro atoms. The van der Waals surface area contributed by atoms with E-state index < -0.39 is 0 Å². The minimum atomic E-state index is -0.192. The van der Waals surface area contributed by atoms with Crippen LogP contribution in [0.25, 0.3) is 11.3 Å². The van der Waals surface area contributed by atoms with Crippen LogP contribution in [0.5, 0.6) is 0 Å². The SMILES string of the molecule is CCOC(=O)Cc1ccc(Nc2cc(-c3ccccc3)nc3c2CCC3)cc1. The molecule has 0 amide bonds. The summed E-state index contributed by atoms with van der Waals surface area (Å²) in [4.78, 5) is 16.5. The standard InChI is InChI=1S/C24H24N2O2/c1-2-28-24(27)15-17-11-13-19(14-12-17)25-23-16-22(18-7-4-3-5-8-18)26-21-10-6-9-20(21)23/h3-5,7-8,11-14,16H,2,6,9-10,15H2,1H3,(H,25,26). The predicted octanol–water partition coefficient (Wildman–Crippen LogP) is 5.09. The van der Waals surface area contributed by atoms with E-state index >= 15 is 0 Å². The van der Waals surface area contributed by atoms with Gasteiger partial charge in [0.05, 0.1) is 18.7 Å². The molecule has 142 valence electrons. The van der Waals surface area contributed by atoms with E-state index in [4.69, 9.17) is 9.72 Å². The Kier molecular flexibility index (Phi) is 5.38. The average Bonchev–Trinajstić information content (AvgIpc) is 3.19. The molecule has 1 N–H and O–H groups in total. The number of carbonyl (C=O) groups excluding carboxylic acids is 1. The lowest BCUT2D eigenvalue weighted by Crippen LogP contribution is -2.07. The molecule has 4 rings (SSSR count). The van der Waals surface area contributed by atoms with Crippen LogP contribution in [0.15, 0.2) is 60.7 Å². The van der Waals surface area contributed by atoms with Crippen molar-refractivity contribution >= 4 is 17.3 Å². The molecule has 0 bridgehead atoms. The Morgan fingerprint density at radius 2 is 1.86 bits per heavy atom. The van der Waals surface area contributed by atoms with Crippen LogP contribution in [0.2, 0.25) is 0 Å². The first-order chi connectivity index (χ1) is 13.7. The van der Waals surface area contributed by atoms with Gasteiger partial charge < -0.3 is 10.1 Å². The Labute approximate surface area is 165 Å². The normalized spacial score (nSPS) is 12.5. The minimum Gasteiger partial charge on any atom is -0.466 e. The van der Waals surface area contributed by atoms with Gasteiger partial charge in [-0.2, -0.15) is 0 Å². The van der Waals surface area contributed by atoms with Crippen molar-refractivity contribution in [2.45, 2.75) is 32.6 Å². The molecule has 0 saturated heterocycles. The van der Waals surface area contributed by atoms with Crippen molar-refractivity contribution in [1.29, 1.82) is 0 Å². The number of aryl methyl sites for hydroxylation is 1. The zero-order chi connectivity index (χ0) is 19.3. The molecule has 3 aromatic rings. The molecule has 1 aliphatic rings. The first kappa shape index (κ1) is 18.2. The zero-order valence-electron chi connectivity index (χ0n) is 16.1. The van der Waals surface area contributed by atoms with Crippen LogP contribution in [0.4, 0.5) is 11.4 Å². The maximum absolute atomic E-state index is 11.6. The van der Waals surface area contributed by atoms with Gasteiger partial charge in [0, 0.05) is 22.6 Å². The lowest BCUT2D eigenvalue weighted by atomic mass is 10.1. The van der Waals surface area contributed by atoms with Crippen LogP contribution in [-0.2, 0) is 28.8 Å². The lowest BCUT2D eigenvalue weighted by Gasteiger charge is -2.14. The Balaban J connectivity index is 1.58. The third-order valence-electron chi connectivity index (χ3n) is 5.01. The van der Waals surface area contributed by atoms with Gasteiger partial charge in [-0.05, 0) is 55.5 Å². The number of nitrogens with zero attached hydrogens (tertiary/aromatic N) is 1. The predicted molar refractivity (Wildman–Crippen MR) is 112 cm³/mol. The van der Waals surface area contributed by atoms with Crippen molar-refractivity contribution < 1.29 is 9.53 Å². The summed E-state index contributed by atoms with van der Waals surface area (Å²) in [6.45, 7) is 2.23. The molecule has 1 aromatic heterocycles. The number of nitrogens with one attached hydrogen (secondary N) is 1. The molecule has 1 heterocycles. The summed E-state index contributed by atoms with van der Waals surface area (Å²) >= 11 is 0. The summed E-state index contributed by atoms with van der Waals surface area (Å²) in [5.74, 6) is -0.192. The van der Waals surface area contributed by atoms with Gasteiger partial charge in [0.2, 0.25) is 0 Å². The first-order valence-electron chi connectivity index (χ1n) is 9.82. The van der Waals surface area contributed by atoms with E-state index in [2.05, 4.69) is 23.5 Å². The van der Waals surface area contributed by atoms with E-state index in [-0.39, 0.29) is 5.97 Å². The molecule has 0 radical (unpaired) electrons. The molecule has 2 aromatic carbocycles. The zero-order valence-corrected chi connectivity index (χ0v) is 16.1. The Morgan fingerprint density at radius 3 is 2.61 bits per heavy atom. The van der Waals surface area contributed by atoms with Gasteiger partial charge in [-0.25, -0.2) is 0 Å². The second kappa shape index (κ2) is 8.26. The number of esters is 1. The molecule has 4 heteroatoms. The van der Waals surface area contributed by atoms with E-state index in [0.717, 1.165) is 47.5 Å². The lowest BCUT2D eigenvalue weighted by molar-refractivity contribution is -0.142. The molecule has 0 atom stereocenters. The summed E-state index contributed by atoms with van der Waals surface area (Å²) in [6.07, 6.45) is 3.54. The number of hydrogen-bond acceptors (Lipinski definition) is 4. The van der Waals surface area contributed by atoms with Crippen molar-refractivity contribution in [1.82, 2.24) is 4.98 Å². The molecule has 0 saturated carbocycles. The highest BCUT2D eigenvalue weighted by atomic mass is 16.5. The molecule has 0 fully saturated rings. The van der Waals surface area contributed by atoms with E-state index in [1.54, 1.807) is 0 Å². The first-order valence-corrected chi connectivity index (χ1v) is 9.82. The van der Waals surface area contributed by atoms with Gasteiger partial charge in [-0.15, -0.1) is 0 Å². The quantitative estimate of drug-likeness (QED) is 0.613. The third-order valence-corrected chi connectivity index (χ3v) is 5.01. The number of fused-ring (bicyclic) bond motifs is 1. The fourth-order valence-corrected chi connectivity index (χ4v) is 3.65. The van der Waals surface area contributed by atoms with Crippen LogP contribution in [0.3, 0.4) is 0 Å². The second-order valence-corrected chi connectivity index (χ2v) is 7.00. The van der Waals surface area contributed by atoms with Crippen LogP contribution in [0.1, 0.15) is 30.2 Å². The monoisotopic (exact) mass is 372 g/mol. The molecule has 0 unspecified atom stereocenters. The van der Waals surface area contributed by atoms with Crippen LogP contribution >= 0.6 is 0 Å². The minimum absolute atomic E-state index is 0.192. The topological polar surface area (TPSA) is 51.2 Å². The molecule has 28 heavy (non-hydrogen) atoms. The number of hydrogen-bond donors (Lipinski definition) is 1. The fraction of sp³-hybridized carbons (Fsp3) is 0.250. The Hall–Kier alpha value is -3.14. The van der Waals surface area contributed by atoms with Gasteiger partial charge in [0.1, 0.15) is 0 Å². The van der Waals surface area contributed by atoms with Gasteiger partial charge >= 0.3 is 5.97 Å². The molecular formula is C24H24N2O2. The van der Waals surface area contributed by atoms with Crippen LogP contribution < -0.4 is 5.32 Å². The van der Waals surface area contributed by atoms with E-state index in [0.29, 0.717) is 13.0 Å². The summed E-state index contributed by atoms with van der Waals surface area (Å²) in [5, 5.41) is 3.56. The number of anilines is 2. The molecule has 4 nitrogen and oxygen atoms in total. The van der Waals surface area contributed by atoms with E-state index in [1.165, 1.54) is 11.3 Å². The van der Waals surface area contributed by atoms with Gasteiger partial charge in [0.25, 0.3) is 0 Å². The summed E-state index contributed by atoms with van der Waals surface area (Å²) < 4.78 is 5.02. The summed E-state index contributed by atoms with van der Waals surface area (Å²) in [5.41, 5.74) is 7.73. The number of rotatable bonds is 6. The highest BCUT2D eigenvalue weighted by Crippen LogP contribution is 2.33. The van der Waals surface area contributed by atoms with Crippen molar-refractivity contribution in [3.8, 4) is 11.3 Å². The third kappa shape index (κ3) is 4.06. The summed E-state index contributed by atoms with van der Waals surface area (Å²) in [6, 6.07) is 20.4. The highest BCUT2D eigenvalue weighted by Gasteiger charge is 2.18. The van der Waals surface area contributed by atoms with Crippen molar-refractivity contribution in [2.75, 3.05) is 11.9 Å². The number of benzene rings is 2. The maximum Gasteiger partial charge on any atom is 0.310 e. The van der Waals surface area contributed by atoms with Gasteiger partial charge in [-0.1, -0.05) is 42.5 Å². The second-order valence-electron chi connectivity index (χ2n) is 7.00. The largest absolute Gasteiger partial charge is 0.466 e. The molecule has 1 aliphatic carbocycles. The van der Waals surface area contributed by atoms with Crippen molar-refractivity contribution in [3.05, 3.63) is 77.5 Å². The van der Waals surface area contributed by atoms with Crippen LogP contribution in [0, 0.1) is 0 Å². The molecule has 0 aliphatic heterocycles.